The van der Waals surface area contributed by atoms with E-state index < -0.39 is 9.84 Å². The highest BCUT2D eigenvalue weighted by molar-refractivity contribution is 7.91. The zero-order valence-electron chi connectivity index (χ0n) is 18.1. The van der Waals surface area contributed by atoms with Gasteiger partial charge in [0.05, 0.1) is 15.1 Å². The summed E-state index contributed by atoms with van der Waals surface area (Å²) in [4.78, 5) is 7.20. The molecule has 0 saturated carbocycles. The van der Waals surface area contributed by atoms with Crippen LogP contribution in [0.25, 0.3) is 15.9 Å². The Kier molecular flexibility index (Phi) is 4.53. The van der Waals surface area contributed by atoms with Gasteiger partial charge >= 0.3 is 0 Å². The molecule has 166 valence electrons. The number of sulfone groups is 1. The van der Waals surface area contributed by atoms with E-state index in [9.17, 15) is 8.42 Å². The maximum Gasteiger partial charge on any atom is 0.229 e. The Balaban J connectivity index is 1.55. The summed E-state index contributed by atoms with van der Waals surface area (Å²) in [6.45, 7) is 4.94. The average molecular weight is 476 g/mol. The summed E-state index contributed by atoms with van der Waals surface area (Å²) in [5.41, 5.74) is 4.48. The van der Waals surface area contributed by atoms with Crippen molar-refractivity contribution in [2.75, 3.05) is 11.4 Å². The van der Waals surface area contributed by atoms with Crippen molar-refractivity contribution in [3.05, 3.63) is 71.1 Å². The van der Waals surface area contributed by atoms with Crippen LogP contribution < -0.4 is 4.90 Å². The minimum absolute atomic E-state index is 0.123. The molecule has 5 aromatic rings. The molecule has 0 bridgehead atoms. The summed E-state index contributed by atoms with van der Waals surface area (Å²) in [7, 11) is -3.89. The van der Waals surface area contributed by atoms with Gasteiger partial charge in [-0.1, -0.05) is 49.4 Å². The summed E-state index contributed by atoms with van der Waals surface area (Å²) < 4.78 is 29.5. The summed E-state index contributed by atoms with van der Waals surface area (Å²) in [5, 5.41) is 10.1. The third-order valence-corrected chi connectivity index (χ3v) is 8.72. The first-order chi connectivity index (χ1) is 15.9. The second-order valence-corrected chi connectivity index (χ2v) is 11.2. The second kappa shape index (κ2) is 7.36. The van der Waals surface area contributed by atoms with Crippen molar-refractivity contribution in [3.63, 3.8) is 0 Å². The quantitative estimate of drug-likeness (QED) is 0.364. The van der Waals surface area contributed by atoms with Gasteiger partial charge in [0.1, 0.15) is 0 Å². The Bertz CT molecular complexity index is 1620. The minimum atomic E-state index is -3.89. The van der Waals surface area contributed by atoms with E-state index in [4.69, 9.17) is 4.98 Å². The van der Waals surface area contributed by atoms with E-state index in [1.807, 2.05) is 35.7 Å². The third kappa shape index (κ3) is 3.07. The van der Waals surface area contributed by atoms with Crippen LogP contribution in [0.2, 0.25) is 0 Å². The predicted molar refractivity (Wildman–Crippen MR) is 129 cm³/mol. The van der Waals surface area contributed by atoms with Crippen LogP contribution in [0.4, 0.5) is 11.5 Å². The molecule has 7 nitrogen and oxygen atoms in total. The summed E-state index contributed by atoms with van der Waals surface area (Å²) in [6.07, 6.45) is 0.917. The summed E-state index contributed by atoms with van der Waals surface area (Å²) >= 11 is 1.57. The molecule has 0 unspecified atom stereocenters. The van der Waals surface area contributed by atoms with Crippen LogP contribution in [0.5, 0.6) is 0 Å². The highest BCUT2D eigenvalue weighted by Gasteiger charge is 2.30. The first-order valence-electron chi connectivity index (χ1n) is 10.8. The maximum absolute atomic E-state index is 13.5. The Labute approximate surface area is 195 Å². The molecule has 0 amide bonds. The summed E-state index contributed by atoms with van der Waals surface area (Å²) in [6, 6.07) is 17.2. The lowest BCUT2D eigenvalue weighted by Gasteiger charge is -2.19. The number of hydrogen-bond acceptors (Lipinski definition) is 7. The van der Waals surface area contributed by atoms with Gasteiger partial charge in [-0.25, -0.2) is 13.4 Å². The highest BCUT2D eigenvalue weighted by Crippen LogP contribution is 2.40. The number of rotatable bonds is 4. The number of para-hydroxylation sites is 1. The zero-order valence-corrected chi connectivity index (χ0v) is 19.8. The molecule has 0 N–H and O–H groups in total. The van der Waals surface area contributed by atoms with E-state index in [1.54, 1.807) is 23.5 Å². The number of benzene rings is 2. The molecular weight excluding hydrogens is 454 g/mol. The van der Waals surface area contributed by atoms with Crippen LogP contribution in [-0.4, -0.2) is 34.8 Å². The molecule has 0 fully saturated rings. The molecule has 33 heavy (non-hydrogen) atoms. The van der Waals surface area contributed by atoms with E-state index in [0.717, 1.165) is 40.3 Å². The monoisotopic (exact) mass is 475 g/mol. The van der Waals surface area contributed by atoms with Gasteiger partial charge in [-0.3, -0.25) is 0 Å². The number of aromatic nitrogens is 4. The Morgan fingerprint density at radius 3 is 2.61 bits per heavy atom. The largest absolute Gasteiger partial charge is 0.324 e. The van der Waals surface area contributed by atoms with Crippen LogP contribution in [0, 0.1) is 0 Å². The number of nitrogens with zero attached hydrogens (tertiary/aromatic N) is 5. The normalized spacial score (nSPS) is 14.0. The first-order valence-corrected chi connectivity index (χ1v) is 13.1. The minimum Gasteiger partial charge on any atom is -0.324 e. The third-order valence-electron chi connectivity index (χ3n) is 6.16. The Morgan fingerprint density at radius 1 is 1.03 bits per heavy atom. The molecule has 0 spiro atoms. The lowest BCUT2D eigenvalue weighted by atomic mass is 10.0. The molecule has 0 radical (unpaired) electrons. The molecule has 0 atom stereocenters. The van der Waals surface area contributed by atoms with Crippen molar-refractivity contribution < 1.29 is 8.42 Å². The zero-order chi connectivity index (χ0) is 22.7. The topological polar surface area (TPSA) is 80.5 Å². The second-order valence-electron chi connectivity index (χ2n) is 8.46. The van der Waals surface area contributed by atoms with Gasteiger partial charge < -0.3 is 4.90 Å². The maximum atomic E-state index is 13.5. The van der Waals surface area contributed by atoms with Crippen LogP contribution in [0.3, 0.4) is 0 Å². The van der Waals surface area contributed by atoms with Crippen LogP contribution in [-0.2, 0) is 16.3 Å². The number of anilines is 2. The van der Waals surface area contributed by atoms with E-state index in [-0.39, 0.29) is 15.6 Å². The summed E-state index contributed by atoms with van der Waals surface area (Å²) in [5.74, 6) is 1.06. The smallest absolute Gasteiger partial charge is 0.229 e. The Morgan fingerprint density at radius 2 is 1.82 bits per heavy atom. The lowest BCUT2D eigenvalue weighted by molar-refractivity contribution is 0.592. The van der Waals surface area contributed by atoms with Gasteiger partial charge in [-0.15, -0.1) is 16.4 Å². The van der Waals surface area contributed by atoms with Crippen molar-refractivity contribution in [1.29, 1.82) is 0 Å². The molecule has 2 aromatic carbocycles. The SMILES string of the molecule is CC(C)c1ccc(S(=O)(=O)c2nnn3c2nc(N2CCc4ccccc42)c2sccc23)cc1. The molecule has 1 aliphatic heterocycles. The number of hydrogen-bond donors (Lipinski definition) is 0. The van der Waals surface area contributed by atoms with E-state index in [0.29, 0.717) is 5.92 Å². The molecule has 6 rings (SSSR count). The highest BCUT2D eigenvalue weighted by atomic mass is 32.2. The van der Waals surface area contributed by atoms with Gasteiger partial charge in [-0.05, 0) is 53.1 Å². The van der Waals surface area contributed by atoms with Gasteiger partial charge in [0, 0.05) is 12.2 Å². The lowest BCUT2D eigenvalue weighted by Crippen LogP contribution is -2.16. The average Bonchev–Trinajstić information content (AvgIpc) is 3.55. The van der Waals surface area contributed by atoms with E-state index in [1.165, 1.54) is 10.1 Å². The number of thiophene rings is 1. The number of fused-ring (bicyclic) bond motifs is 4. The van der Waals surface area contributed by atoms with Crippen molar-refractivity contribution in [2.45, 2.75) is 36.1 Å². The van der Waals surface area contributed by atoms with Gasteiger partial charge in [0.15, 0.2) is 11.5 Å². The first kappa shape index (κ1) is 20.3. The van der Waals surface area contributed by atoms with Crippen molar-refractivity contribution in [2.24, 2.45) is 0 Å². The van der Waals surface area contributed by atoms with Crippen LogP contribution >= 0.6 is 11.3 Å². The fourth-order valence-electron chi connectivity index (χ4n) is 4.37. The van der Waals surface area contributed by atoms with Crippen molar-refractivity contribution in [1.82, 2.24) is 19.8 Å². The Hall–Kier alpha value is -3.30. The van der Waals surface area contributed by atoms with Gasteiger partial charge in [0.2, 0.25) is 14.9 Å². The standard InChI is InChI=1S/C24H21N5O2S2/c1-15(2)16-7-9-18(10-8-16)33(30,31)24-23-25-22(21-20(12-14-32-21)29(23)27-26-24)28-13-11-17-5-3-4-6-19(17)28/h3-10,12,14-15H,11,13H2,1-2H3. The van der Waals surface area contributed by atoms with E-state index >= 15 is 0 Å². The van der Waals surface area contributed by atoms with Crippen molar-refractivity contribution in [3.8, 4) is 0 Å². The molecule has 4 heterocycles. The van der Waals surface area contributed by atoms with Crippen molar-refractivity contribution >= 4 is 48.5 Å². The van der Waals surface area contributed by atoms with E-state index in [2.05, 4.69) is 41.2 Å². The van der Waals surface area contributed by atoms with Crippen LogP contribution in [0.15, 0.2) is 69.9 Å². The molecule has 9 heteroatoms. The molecular formula is C24H21N5O2S2. The fourth-order valence-corrected chi connectivity index (χ4v) is 6.47. The van der Waals surface area contributed by atoms with Gasteiger partial charge in [0.25, 0.3) is 0 Å². The molecule has 3 aromatic heterocycles. The fraction of sp³-hybridized carbons (Fsp3) is 0.208. The predicted octanol–water partition coefficient (Wildman–Crippen LogP) is 4.99. The molecule has 0 saturated heterocycles. The molecule has 1 aliphatic rings. The van der Waals surface area contributed by atoms with Gasteiger partial charge in [-0.2, -0.15) is 4.52 Å². The van der Waals surface area contributed by atoms with Crippen LogP contribution in [0.1, 0.15) is 30.9 Å². The molecule has 0 aliphatic carbocycles.